The van der Waals surface area contributed by atoms with Gasteiger partial charge in [-0.2, -0.15) is 11.8 Å². The van der Waals surface area contributed by atoms with Crippen molar-refractivity contribution in [2.45, 2.75) is 26.3 Å². The topological polar surface area (TPSA) is 70.2 Å². The highest BCUT2D eigenvalue weighted by Gasteiger charge is 2.20. The van der Waals surface area contributed by atoms with Crippen molar-refractivity contribution >= 4 is 23.6 Å². The Morgan fingerprint density at radius 3 is 2.78 bits per heavy atom. The van der Waals surface area contributed by atoms with E-state index >= 15 is 0 Å². The van der Waals surface area contributed by atoms with Crippen molar-refractivity contribution in [3.8, 4) is 0 Å². The van der Waals surface area contributed by atoms with E-state index in [0.717, 1.165) is 18.1 Å². The third-order valence-electron chi connectivity index (χ3n) is 2.60. The van der Waals surface area contributed by atoms with Crippen molar-refractivity contribution in [3.63, 3.8) is 0 Å². The molecule has 1 saturated heterocycles. The van der Waals surface area contributed by atoms with Crippen molar-refractivity contribution in [1.29, 1.82) is 0 Å². The molecular weight excluding hydrogens is 250 g/mol. The molecule has 0 aliphatic carbocycles. The summed E-state index contributed by atoms with van der Waals surface area (Å²) < 4.78 is 0. The van der Waals surface area contributed by atoms with Crippen LogP contribution in [0.5, 0.6) is 0 Å². The molecule has 1 heterocycles. The van der Waals surface area contributed by atoms with Crippen molar-refractivity contribution in [1.82, 2.24) is 16.0 Å². The fourth-order valence-electron chi connectivity index (χ4n) is 1.56. The Balaban J connectivity index is 2.09. The summed E-state index contributed by atoms with van der Waals surface area (Å²) >= 11 is 1.78. The van der Waals surface area contributed by atoms with Crippen molar-refractivity contribution in [2.24, 2.45) is 5.92 Å². The van der Waals surface area contributed by atoms with Gasteiger partial charge in [-0.3, -0.25) is 9.59 Å². The van der Waals surface area contributed by atoms with Crippen LogP contribution in [0.25, 0.3) is 0 Å². The highest BCUT2D eigenvalue weighted by molar-refractivity contribution is 7.99. The van der Waals surface area contributed by atoms with Gasteiger partial charge in [0.1, 0.15) is 0 Å². The molecule has 0 saturated carbocycles. The molecule has 0 aromatic carbocycles. The molecule has 2 amide bonds. The third-order valence-corrected chi connectivity index (χ3v) is 3.66. The second-order valence-corrected chi connectivity index (χ2v) is 5.97. The van der Waals surface area contributed by atoms with E-state index in [9.17, 15) is 9.59 Å². The molecule has 0 aromatic heterocycles. The number of amides is 2. The van der Waals surface area contributed by atoms with Gasteiger partial charge in [0.25, 0.3) is 0 Å². The maximum Gasteiger partial charge on any atom is 0.238 e. The molecule has 1 atom stereocenters. The van der Waals surface area contributed by atoms with E-state index in [4.69, 9.17) is 0 Å². The Morgan fingerprint density at radius 1 is 1.39 bits per heavy atom. The Bertz CT molecular complexity index is 278. The first-order chi connectivity index (χ1) is 8.59. The van der Waals surface area contributed by atoms with Gasteiger partial charge in [0.2, 0.25) is 11.8 Å². The molecule has 1 aliphatic heterocycles. The number of hydrogen-bond acceptors (Lipinski definition) is 4. The standard InChI is InChI=1S/C12H23N3O2S/c1-9(2)7-15-11(16)3-4-14-12(17)10-8-18-6-5-13-10/h9-10,13H,3-8H2,1-2H3,(H,14,17)(H,15,16). The summed E-state index contributed by atoms with van der Waals surface area (Å²) in [5, 5.41) is 8.78. The number of hydrogen-bond donors (Lipinski definition) is 3. The Labute approximate surface area is 113 Å². The summed E-state index contributed by atoms with van der Waals surface area (Å²) in [5.41, 5.74) is 0. The van der Waals surface area contributed by atoms with Crippen LogP contribution in [-0.4, -0.2) is 49.0 Å². The minimum atomic E-state index is -0.109. The van der Waals surface area contributed by atoms with Gasteiger partial charge in [-0.1, -0.05) is 13.8 Å². The predicted octanol–water partition coefficient (Wildman–Crippen LogP) is -0.0301. The quantitative estimate of drug-likeness (QED) is 0.636. The predicted molar refractivity (Wildman–Crippen MR) is 74.6 cm³/mol. The number of carbonyl (C=O) groups excluding carboxylic acids is 2. The normalized spacial score (nSPS) is 19.6. The Morgan fingerprint density at radius 2 is 2.17 bits per heavy atom. The van der Waals surface area contributed by atoms with E-state index in [2.05, 4.69) is 29.8 Å². The summed E-state index contributed by atoms with van der Waals surface area (Å²) in [4.78, 5) is 23.2. The van der Waals surface area contributed by atoms with Crippen LogP contribution >= 0.6 is 11.8 Å². The van der Waals surface area contributed by atoms with Gasteiger partial charge in [-0.15, -0.1) is 0 Å². The van der Waals surface area contributed by atoms with Gasteiger partial charge in [0.15, 0.2) is 0 Å². The van der Waals surface area contributed by atoms with Gasteiger partial charge in [0, 0.05) is 37.6 Å². The van der Waals surface area contributed by atoms with Crippen LogP contribution in [0.1, 0.15) is 20.3 Å². The number of rotatable bonds is 6. The molecule has 0 bridgehead atoms. The summed E-state index contributed by atoms with van der Waals surface area (Å²) in [6.07, 6.45) is 0.346. The highest BCUT2D eigenvalue weighted by atomic mass is 32.2. The van der Waals surface area contributed by atoms with Crippen molar-refractivity contribution in [3.05, 3.63) is 0 Å². The van der Waals surface area contributed by atoms with E-state index in [1.54, 1.807) is 11.8 Å². The molecule has 1 aliphatic rings. The summed E-state index contributed by atoms with van der Waals surface area (Å²) in [6.45, 7) is 6.07. The molecule has 104 valence electrons. The lowest BCUT2D eigenvalue weighted by atomic mass is 10.2. The van der Waals surface area contributed by atoms with Crippen LogP contribution in [0.3, 0.4) is 0 Å². The molecule has 0 spiro atoms. The lowest BCUT2D eigenvalue weighted by Gasteiger charge is -2.22. The lowest BCUT2D eigenvalue weighted by molar-refractivity contribution is -0.123. The van der Waals surface area contributed by atoms with Gasteiger partial charge < -0.3 is 16.0 Å². The van der Waals surface area contributed by atoms with E-state index in [1.165, 1.54) is 0 Å². The molecule has 5 nitrogen and oxygen atoms in total. The smallest absolute Gasteiger partial charge is 0.238 e. The zero-order valence-electron chi connectivity index (χ0n) is 11.1. The summed E-state index contributed by atoms with van der Waals surface area (Å²) in [5.74, 6) is 2.31. The van der Waals surface area contributed by atoms with Crippen LogP contribution in [0, 0.1) is 5.92 Å². The van der Waals surface area contributed by atoms with Crippen LogP contribution in [0.15, 0.2) is 0 Å². The zero-order valence-corrected chi connectivity index (χ0v) is 11.9. The van der Waals surface area contributed by atoms with E-state index < -0.39 is 0 Å². The van der Waals surface area contributed by atoms with Crippen LogP contribution in [0.4, 0.5) is 0 Å². The number of nitrogens with one attached hydrogen (secondary N) is 3. The zero-order chi connectivity index (χ0) is 13.4. The fraction of sp³-hybridized carbons (Fsp3) is 0.833. The van der Waals surface area contributed by atoms with E-state index in [0.29, 0.717) is 25.4 Å². The minimum absolute atomic E-state index is 0.00106. The van der Waals surface area contributed by atoms with Crippen molar-refractivity contribution in [2.75, 3.05) is 31.1 Å². The average molecular weight is 273 g/mol. The first kappa shape index (κ1) is 15.3. The Kier molecular flexibility index (Phi) is 7.12. The van der Waals surface area contributed by atoms with Gasteiger partial charge in [0.05, 0.1) is 6.04 Å². The van der Waals surface area contributed by atoms with Crippen LogP contribution < -0.4 is 16.0 Å². The molecule has 3 N–H and O–H groups in total. The maximum absolute atomic E-state index is 11.7. The first-order valence-electron chi connectivity index (χ1n) is 6.45. The van der Waals surface area contributed by atoms with E-state index in [1.807, 2.05) is 0 Å². The maximum atomic E-state index is 11.7. The molecule has 1 unspecified atom stereocenters. The molecule has 0 radical (unpaired) electrons. The molecule has 0 aromatic rings. The van der Waals surface area contributed by atoms with Crippen LogP contribution in [0.2, 0.25) is 0 Å². The summed E-state index contributed by atoms with van der Waals surface area (Å²) in [7, 11) is 0. The molecule has 18 heavy (non-hydrogen) atoms. The molecule has 1 rings (SSSR count). The molecular formula is C12H23N3O2S. The second kappa shape index (κ2) is 8.37. The average Bonchev–Trinajstić information content (AvgIpc) is 2.37. The largest absolute Gasteiger partial charge is 0.356 e. The van der Waals surface area contributed by atoms with Gasteiger partial charge in [-0.25, -0.2) is 0 Å². The van der Waals surface area contributed by atoms with Gasteiger partial charge in [-0.05, 0) is 5.92 Å². The second-order valence-electron chi connectivity index (χ2n) is 4.82. The van der Waals surface area contributed by atoms with Gasteiger partial charge >= 0.3 is 0 Å². The molecule has 6 heteroatoms. The monoisotopic (exact) mass is 273 g/mol. The first-order valence-corrected chi connectivity index (χ1v) is 7.60. The lowest BCUT2D eigenvalue weighted by Crippen LogP contribution is -2.49. The SMILES string of the molecule is CC(C)CNC(=O)CCNC(=O)C1CSCCN1. The van der Waals surface area contributed by atoms with Crippen LogP contribution in [-0.2, 0) is 9.59 Å². The fourth-order valence-corrected chi connectivity index (χ4v) is 2.50. The Hall–Kier alpha value is -0.750. The molecule has 1 fully saturated rings. The minimum Gasteiger partial charge on any atom is -0.356 e. The highest BCUT2D eigenvalue weighted by Crippen LogP contribution is 2.07. The third kappa shape index (κ3) is 6.26. The van der Waals surface area contributed by atoms with Crippen molar-refractivity contribution < 1.29 is 9.59 Å². The number of thioether (sulfide) groups is 1. The number of carbonyl (C=O) groups is 2. The summed E-state index contributed by atoms with van der Waals surface area (Å²) in [6, 6.07) is -0.109. The van der Waals surface area contributed by atoms with E-state index in [-0.39, 0.29) is 17.9 Å².